The molecule has 27 heavy (non-hydrogen) atoms. The van der Waals surface area contributed by atoms with E-state index in [2.05, 4.69) is 21.5 Å². The van der Waals surface area contributed by atoms with Crippen molar-refractivity contribution in [2.45, 2.75) is 33.2 Å². The summed E-state index contributed by atoms with van der Waals surface area (Å²) in [7, 11) is 1.57. The maximum atomic E-state index is 12.1. The number of carbonyl (C=O) groups is 1. The highest BCUT2D eigenvalue weighted by atomic mass is 16.5. The molecule has 0 aliphatic heterocycles. The first kappa shape index (κ1) is 18.6. The molecule has 6 heteroatoms. The highest BCUT2D eigenvalue weighted by Gasteiger charge is 2.06. The fraction of sp³-hybridized carbons (Fsp3) is 0.286. The van der Waals surface area contributed by atoms with E-state index in [-0.39, 0.29) is 5.91 Å². The molecule has 0 aliphatic carbocycles. The van der Waals surface area contributed by atoms with E-state index in [1.807, 2.05) is 54.9 Å². The molecule has 1 amide bonds. The van der Waals surface area contributed by atoms with Gasteiger partial charge in [-0.1, -0.05) is 12.1 Å². The van der Waals surface area contributed by atoms with Gasteiger partial charge >= 0.3 is 0 Å². The predicted octanol–water partition coefficient (Wildman–Crippen LogP) is 3.14. The molecule has 2 heterocycles. The Bertz CT molecular complexity index is 916. The number of amides is 1. The average Bonchev–Trinajstić information content (AvgIpc) is 3.03. The van der Waals surface area contributed by atoms with Crippen LogP contribution in [0.25, 0.3) is 5.69 Å². The van der Waals surface area contributed by atoms with Crippen LogP contribution in [0.2, 0.25) is 0 Å². The molecule has 1 N–H and O–H groups in total. The van der Waals surface area contributed by atoms with Gasteiger partial charge in [0.05, 0.1) is 18.5 Å². The minimum Gasteiger partial charge on any atom is -0.481 e. The highest BCUT2D eigenvalue weighted by molar-refractivity contribution is 5.76. The van der Waals surface area contributed by atoms with Crippen LogP contribution in [-0.2, 0) is 17.8 Å². The van der Waals surface area contributed by atoms with E-state index in [1.165, 1.54) is 0 Å². The van der Waals surface area contributed by atoms with E-state index in [0.717, 1.165) is 28.2 Å². The SMILES string of the molecule is COc1cc(CNC(=O)CCc2ccc(-n3nc(C)cc3C)cc2)ccn1. The summed E-state index contributed by atoms with van der Waals surface area (Å²) in [5.74, 6) is 0.567. The van der Waals surface area contributed by atoms with Gasteiger partial charge in [-0.25, -0.2) is 9.67 Å². The number of hydrogen-bond acceptors (Lipinski definition) is 4. The van der Waals surface area contributed by atoms with Gasteiger partial charge in [-0.15, -0.1) is 0 Å². The Kier molecular flexibility index (Phi) is 5.86. The Labute approximate surface area is 159 Å². The molecule has 6 nitrogen and oxygen atoms in total. The van der Waals surface area contributed by atoms with Crippen molar-refractivity contribution in [3.63, 3.8) is 0 Å². The lowest BCUT2D eigenvalue weighted by atomic mass is 10.1. The second-order valence-electron chi connectivity index (χ2n) is 6.49. The molecule has 0 saturated carbocycles. The number of ether oxygens (including phenoxy) is 1. The quantitative estimate of drug-likeness (QED) is 0.699. The third-order valence-corrected chi connectivity index (χ3v) is 4.33. The number of methoxy groups -OCH3 is 1. The molecule has 0 atom stereocenters. The molecule has 3 rings (SSSR count). The van der Waals surface area contributed by atoms with Crippen LogP contribution in [-0.4, -0.2) is 27.8 Å². The van der Waals surface area contributed by atoms with Crippen LogP contribution in [0, 0.1) is 13.8 Å². The fourth-order valence-corrected chi connectivity index (χ4v) is 2.91. The minimum atomic E-state index is 0.0217. The Balaban J connectivity index is 1.50. The normalized spacial score (nSPS) is 10.6. The Morgan fingerprint density at radius 2 is 1.89 bits per heavy atom. The lowest BCUT2D eigenvalue weighted by Gasteiger charge is -2.08. The van der Waals surface area contributed by atoms with Gasteiger partial charge in [-0.05, 0) is 55.7 Å². The second kappa shape index (κ2) is 8.49. The summed E-state index contributed by atoms with van der Waals surface area (Å²) in [5.41, 5.74) is 5.22. The molecule has 0 spiro atoms. The van der Waals surface area contributed by atoms with E-state index >= 15 is 0 Å². The maximum Gasteiger partial charge on any atom is 0.220 e. The Morgan fingerprint density at radius 1 is 1.11 bits per heavy atom. The lowest BCUT2D eigenvalue weighted by molar-refractivity contribution is -0.121. The molecule has 0 fully saturated rings. The van der Waals surface area contributed by atoms with Crippen molar-refractivity contribution < 1.29 is 9.53 Å². The number of rotatable bonds is 7. The summed E-state index contributed by atoms with van der Waals surface area (Å²) >= 11 is 0. The second-order valence-corrected chi connectivity index (χ2v) is 6.49. The molecule has 0 bridgehead atoms. The van der Waals surface area contributed by atoms with Gasteiger partial charge in [0.1, 0.15) is 0 Å². The van der Waals surface area contributed by atoms with Crippen LogP contribution in [0.4, 0.5) is 0 Å². The van der Waals surface area contributed by atoms with Crippen LogP contribution in [0.5, 0.6) is 5.88 Å². The van der Waals surface area contributed by atoms with E-state index in [9.17, 15) is 4.79 Å². The van der Waals surface area contributed by atoms with E-state index < -0.39 is 0 Å². The van der Waals surface area contributed by atoms with E-state index in [4.69, 9.17) is 4.74 Å². The summed E-state index contributed by atoms with van der Waals surface area (Å²) in [6.07, 6.45) is 2.81. The lowest BCUT2D eigenvalue weighted by Crippen LogP contribution is -2.23. The zero-order valence-corrected chi connectivity index (χ0v) is 15.9. The van der Waals surface area contributed by atoms with E-state index in [1.54, 1.807) is 13.3 Å². The van der Waals surface area contributed by atoms with Crippen molar-refractivity contribution in [1.82, 2.24) is 20.1 Å². The molecule has 0 radical (unpaired) electrons. The summed E-state index contributed by atoms with van der Waals surface area (Å²) in [4.78, 5) is 16.2. The van der Waals surface area contributed by atoms with Crippen molar-refractivity contribution >= 4 is 5.91 Å². The van der Waals surface area contributed by atoms with Crippen molar-refractivity contribution in [3.8, 4) is 11.6 Å². The fourth-order valence-electron chi connectivity index (χ4n) is 2.91. The van der Waals surface area contributed by atoms with Crippen molar-refractivity contribution in [3.05, 3.63) is 71.2 Å². The number of nitrogens with zero attached hydrogens (tertiary/aromatic N) is 3. The first-order valence-corrected chi connectivity index (χ1v) is 8.93. The number of aryl methyl sites for hydroxylation is 3. The van der Waals surface area contributed by atoms with Gasteiger partial charge in [0.2, 0.25) is 11.8 Å². The number of aromatic nitrogens is 3. The number of nitrogens with one attached hydrogen (secondary N) is 1. The third kappa shape index (κ3) is 4.94. The first-order valence-electron chi connectivity index (χ1n) is 8.93. The van der Waals surface area contributed by atoms with Gasteiger partial charge in [-0.3, -0.25) is 4.79 Å². The zero-order chi connectivity index (χ0) is 19.2. The average molecular weight is 364 g/mol. The molecular weight excluding hydrogens is 340 g/mol. The molecule has 3 aromatic rings. The van der Waals surface area contributed by atoms with Crippen molar-refractivity contribution in [2.75, 3.05) is 7.11 Å². The highest BCUT2D eigenvalue weighted by Crippen LogP contribution is 2.14. The van der Waals surface area contributed by atoms with Crippen LogP contribution in [0.3, 0.4) is 0 Å². The van der Waals surface area contributed by atoms with Gasteiger partial charge < -0.3 is 10.1 Å². The number of benzene rings is 1. The van der Waals surface area contributed by atoms with Gasteiger partial charge in [0, 0.05) is 30.9 Å². The molecular formula is C21H24N4O2. The summed E-state index contributed by atoms with van der Waals surface area (Å²) in [6.45, 7) is 4.49. The van der Waals surface area contributed by atoms with Crippen molar-refractivity contribution in [2.24, 2.45) is 0 Å². The van der Waals surface area contributed by atoms with Gasteiger partial charge in [0.15, 0.2) is 0 Å². The molecule has 1 aromatic carbocycles. The predicted molar refractivity (Wildman–Crippen MR) is 104 cm³/mol. The molecule has 0 unspecified atom stereocenters. The largest absolute Gasteiger partial charge is 0.481 e. The zero-order valence-electron chi connectivity index (χ0n) is 15.9. The summed E-state index contributed by atoms with van der Waals surface area (Å²) < 4.78 is 7.01. The molecule has 140 valence electrons. The maximum absolute atomic E-state index is 12.1. The molecule has 0 aliphatic rings. The van der Waals surface area contributed by atoms with Crippen LogP contribution < -0.4 is 10.1 Å². The van der Waals surface area contributed by atoms with E-state index in [0.29, 0.717) is 25.3 Å². The third-order valence-electron chi connectivity index (χ3n) is 4.33. The van der Waals surface area contributed by atoms with Gasteiger partial charge in [-0.2, -0.15) is 5.10 Å². The summed E-state index contributed by atoms with van der Waals surface area (Å²) in [6, 6.07) is 13.9. The molecule has 0 saturated heterocycles. The monoisotopic (exact) mass is 364 g/mol. The summed E-state index contributed by atoms with van der Waals surface area (Å²) in [5, 5.41) is 7.42. The first-order chi connectivity index (χ1) is 13.0. The van der Waals surface area contributed by atoms with Crippen LogP contribution in [0.1, 0.15) is 28.9 Å². The topological polar surface area (TPSA) is 69.0 Å². The van der Waals surface area contributed by atoms with Crippen LogP contribution in [0.15, 0.2) is 48.7 Å². The van der Waals surface area contributed by atoms with Crippen molar-refractivity contribution in [1.29, 1.82) is 0 Å². The smallest absolute Gasteiger partial charge is 0.220 e. The number of hydrogen-bond donors (Lipinski definition) is 1. The number of carbonyl (C=O) groups excluding carboxylic acids is 1. The van der Waals surface area contributed by atoms with Gasteiger partial charge in [0.25, 0.3) is 0 Å². The number of pyridine rings is 1. The Morgan fingerprint density at radius 3 is 2.56 bits per heavy atom. The Hall–Kier alpha value is -3.15. The standard InChI is InChI=1S/C21H24N4O2/c1-15-12-16(2)25(24-15)19-7-4-17(5-8-19)6-9-20(26)23-14-18-10-11-22-21(13-18)27-3/h4-5,7-8,10-13H,6,9,14H2,1-3H3,(H,23,26). The van der Waals surface area contributed by atoms with Crippen LogP contribution >= 0.6 is 0 Å². The molecule has 2 aromatic heterocycles. The minimum absolute atomic E-state index is 0.0217.